The summed E-state index contributed by atoms with van der Waals surface area (Å²) in [4.78, 5) is 19.3. The number of ether oxygens (including phenoxy) is 3. The van der Waals surface area contributed by atoms with Gasteiger partial charge in [-0.3, -0.25) is 4.79 Å². The van der Waals surface area contributed by atoms with Gasteiger partial charge in [-0.05, 0) is 48.2 Å². The van der Waals surface area contributed by atoms with Crippen LogP contribution in [-0.2, 0) is 11.3 Å². The minimum Gasteiger partial charge on any atom is -0.493 e. The average molecular weight is 540 g/mol. The van der Waals surface area contributed by atoms with Crippen LogP contribution in [0.4, 0.5) is 0 Å². The van der Waals surface area contributed by atoms with Gasteiger partial charge >= 0.3 is 0 Å². The number of amides is 1. The van der Waals surface area contributed by atoms with Crippen LogP contribution < -0.4 is 14.2 Å². The van der Waals surface area contributed by atoms with Crippen LogP contribution in [0, 0.1) is 0 Å². The third-order valence-corrected chi connectivity index (χ3v) is 7.03. The lowest BCUT2D eigenvalue weighted by Crippen LogP contribution is -2.37. The maximum absolute atomic E-state index is 12.7. The first-order valence-corrected chi connectivity index (χ1v) is 12.3. The second-order valence-corrected chi connectivity index (χ2v) is 9.26. The Kier molecular flexibility index (Phi) is 8.13. The lowest BCUT2D eigenvalue weighted by atomic mass is 9.95. The zero-order valence-corrected chi connectivity index (χ0v) is 21.8. The number of hydrogen-bond donors (Lipinski definition) is 0. The molecular weight excluding hydrogens is 510 g/mol. The number of rotatable bonds is 8. The summed E-state index contributed by atoms with van der Waals surface area (Å²) in [6, 6.07) is 11.8. The van der Waals surface area contributed by atoms with Gasteiger partial charge in [0.2, 0.25) is 11.7 Å². The largest absolute Gasteiger partial charge is 0.493 e. The van der Waals surface area contributed by atoms with E-state index in [2.05, 4.69) is 25.5 Å². The Hall–Kier alpha value is -3.26. The second-order valence-electron chi connectivity index (χ2n) is 8.40. The number of benzene rings is 2. The first kappa shape index (κ1) is 24.9. The van der Waals surface area contributed by atoms with Crippen molar-refractivity contribution in [2.75, 3.05) is 34.4 Å². The van der Waals surface area contributed by atoms with Crippen LogP contribution in [0.1, 0.15) is 35.7 Å². The monoisotopic (exact) mass is 539 g/mol. The van der Waals surface area contributed by atoms with Gasteiger partial charge < -0.3 is 23.7 Å². The van der Waals surface area contributed by atoms with E-state index in [1.165, 1.54) is 0 Å². The quantitative estimate of drug-likeness (QED) is 0.371. The molecule has 0 unspecified atom stereocenters. The van der Waals surface area contributed by atoms with E-state index in [4.69, 9.17) is 14.2 Å². The van der Waals surface area contributed by atoms with Crippen molar-refractivity contribution in [1.29, 1.82) is 0 Å². The van der Waals surface area contributed by atoms with Crippen molar-refractivity contribution in [2.45, 2.75) is 25.3 Å². The number of carbonyl (C=O) groups excluding carboxylic acids is 1. The first-order chi connectivity index (χ1) is 17.0. The number of carbonyl (C=O) groups is 1. The number of aromatic nitrogens is 2. The zero-order valence-electron chi connectivity index (χ0n) is 20.2. The Morgan fingerprint density at radius 1 is 1.09 bits per heavy atom. The predicted molar refractivity (Wildman–Crippen MR) is 139 cm³/mol. The number of piperidine rings is 1. The minimum atomic E-state index is 0.0416. The second kappa shape index (κ2) is 11.4. The highest BCUT2D eigenvalue weighted by Crippen LogP contribution is 2.38. The molecule has 7 nitrogen and oxygen atoms in total. The number of imidazole rings is 1. The molecule has 0 atom stereocenters. The van der Waals surface area contributed by atoms with Crippen LogP contribution in [0.15, 0.2) is 59.3 Å². The fraction of sp³-hybridized carbons (Fsp3) is 0.333. The molecule has 0 saturated carbocycles. The lowest BCUT2D eigenvalue weighted by Gasteiger charge is -2.31. The predicted octanol–water partition coefficient (Wildman–Crippen LogP) is 5.14. The smallest absolute Gasteiger partial charge is 0.246 e. The van der Waals surface area contributed by atoms with Crippen LogP contribution in [0.25, 0.3) is 6.08 Å². The highest BCUT2D eigenvalue weighted by molar-refractivity contribution is 9.10. The summed E-state index contributed by atoms with van der Waals surface area (Å²) in [5.41, 5.74) is 2.02. The molecule has 1 fully saturated rings. The normalized spacial score (nSPS) is 14.3. The summed E-state index contributed by atoms with van der Waals surface area (Å²) in [7, 11) is 4.83. The highest BCUT2D eigenvalue weighted by Gasteiger charge is 2.26. The Morgan fingerprint density at radius 3 is 2.40 bits per heavy atom. The molecule has 1 aliphatic heterocycles. The number of nitrogens with zero attached hydrogens (tertiary/aromatic N) is 3. The Morgan fingerprint density at radius 2 is 1.77 bits per heavy atom. The Balaban J connectivity index is 1.41. The zero-order chi connectivity index (χ0) is 24.8. The molecule has 4 rings (SSSR count). The van der Waals surface area contributed by atoms with Crippen molar-refractivity contribution in [3.05, 3.63) is 76.3 Å². The Bertz CT molecular complexity index is 1170. The van der Waals surface area contributed by atoms with E-state index in [0.717, 1.165) is 34.3 Å². The molecule has 1 saturated heterocycles. The maximum Gasteiger partial charge on any atom is 0.246 e. The van der Waals surface area contributed by atoms with Crippen molar-refractivity contribution in [3.63, 3.8) is 0 Å². The van der Waals surface area contributed by atoms with Crippen molar-refractivity contribution in [1.82, 2.24) is 14.5 Å². The van der Waals surface area contributed by atoms with Gasteiger partial charge in [-0.15, -0.1) is 0 Å². The number of likely N-dealkylation sites (tertiary alicyclic amines) is 1. The van der Waals surface area contributed by atoms with Crippen LogP contribution in [0.2, 0.25) is 0 Å². The molecule has 3 aromatic rings. The fourth-order valence-electron chi connectivity index (χ4n) is 4.47. The van der Waals surface area contributed by atoms with E-state index in [1.54, 1.807) is 27.4 Å². The summed E-state index contributed by atoms with van der Waals surface area (Å²) < 4.78 is 19.6. The van der Waals surface area contributed by atoms with Gasteiger partial charge in [0.05, 0.1) is 21.3 Å². The molecule has 0 radical (unpaired) electrons. The van der Waals surface area contributed by atoms with Gasteiger partial charge in [0.25, 0.3) is 0 Å². The first-order valence-electron chi connectivity index (χ1n) is 11.6. The standard InChI is InChI=1S/C27H30BrN3O4/c1-33-23-16-19(17-24(34-2)26(23)35-3)18-31-15-12-29-27(31)21-10-13-30(14-11-21)25(32)9-8-20-6-4-5-7-22(20)28/h4-9,12,15-17,21H,10-11,13-14,18H2,1-3H3. The van der Waals surface area contributed by atoms with Gasteiger partial charge in [0, 0.05) is 48.5 Å². The van der Waals surface area contributed by atoms with Crippen LogP contribution in [0.3, 0.4) is 0 Å². The third kappa shape index (κ3) is 5.70. The molecule has 1 aromatic heterocycles. The van der Waals surface area contributed by atoms with Gasteiger partial charge in [0.15, 0.2) is 11.5 Å². The molecule has 1 aliphatic rings. The summed E-state index contributed by atoms with van der Waals surface area (Å²) in [5, 5.41) is 0. The van der Waals surface area contributed by atoms with Gasteiger partial charge in [-0.25, -0.2) is 4.98 Å². The number of halogens is 1. The van der Waals surface area contributed by atoms with E-state index in [0.29, 0.717) is 42.8 Å². The van der Waals surface area contributed by atoms with Crippen molar-refractivity contribution in [3.8, 4) is 17.2 Å². The highest BCUT2D eigenvalue weighted by atomic mass is 79.9. The number of methoxy groups -OCH3 is 3. The summed E-state index contributed by atoms with van der Waals surface area (Å²) in [5.74, 6) is 3.21. The topological polar surface area (TPSA) is 65.8 Å². The molecule has 8 heteroatoms. The van der Waals surface area contributed by atoms with Gasteiger partial charge in [-0.2, -0.15) is 0 Å². The molecule has 0 bridgehead atoms. The van der Waals surface area contributed by atoms with E-state index >= 15 is 0 Å². The average Bonchev–Trinajstić information content (AvgIpc) is 3.35. The maximum atomic E-state index is 12.7. The minimum absolute atomic E-state index is 0.0416. The van der Waals surface area contributed by atoms with Crippen LogP contribution >= 0.6 is 15.9 Å². The summed E-state index contributed by atoms with van der Waals surface area (Å²) in [6.07, 6.45) is 9.11. The third-order valence-electron chi connectivity index (χ3n) is 6.31. The molecule has 2 heterocycles. The van der Waals surface area contributed by atoms with Crippen LogP contribution in [0.5, 0.6) is 17.2 Å². The van der Waals surface area contributed by atoms with Crippen molar-refractivity contribution in [2.24, 2.45) is 0 Å². The summed E-state index contributed by atoms with van der Waals surface area (Å²) in [6.45, 7) is 2.06. The van der Waals surface area contributed by atoms with Gasteiger partial charge in [0.1, 0.15) is 5.82 Å². The SMILES string of the molecule is COc1cc(Cn2ccnc2C2CCN(C(=O)C=Cc3ccccc3Br)CC2)cc(OC)c1OC. The Labute approximate surface area is 214 Å². The molecule has 0 aliphatic carbocycles. The van der Waals surface area contributed by atoms with E-state index in [-0.39, 0.29) is 5.91 Å². The lowest BCUT2D eigenvalue weighted by molar-refractivity contribution is -0.127. The molecule has 184 valence electrons. The molecule has 2 aromatic carbocycles. The molecule has 1 amide bonds. The van der Waals surface area contributed by atoms with E-state index < -0.39 is 0 Å². The van der Waals surface area contributed by atoms with Crippen LogP contribution in [-0.4, -0.2) is 54.8 Å². The van der Waals surface area contributed by atoms with Crippen molar-refractivity contribution >= 4 is 27.9 Å². The molecule has 35 heavy (non-hydrogen) atoms. The van der Waals surface area contributed by atoms with Crippen molar-refractivity contribution < 1.29 is 19.0 Å². The number of hydrogen-bond acceptors (Lipinski definition) is 5. The van der Waals surface area contributed by atoms with E-state index in [1.807, 2.05) is 59.8 Å². The van der Waals surface area contributed by atoms with E-state index in [9.17, 15) is 4.79 Å². The van der Waals surface area contributed by atoms with Gasteiger partial charge in [-0.1, -0.05) is 34.1 Å². The molecular formula is C27H30BrN3O4. The molecule has 0 N–H and O–H groups in total. The molecule has 0 spiro atoms. The summed E-state index contributed by atoms with van der Waals surface area (Å²) >= 11 is 3.52. The fourth-order valence-corrected chi connectivity index (χ4v) is 4.89.